The summed E-state index contributed by atoms with van der Waals surface area (Å²) < 4.78 is 38.9. The van der Waals surface area contributed by atoms with E-state index in [1.165, 1.54) is 12.1 Å². The van der Waals surface area contributed by atoms with Crippen LogP contribution in [0.1, 0.15) is 21.7 Å². The highest BCUT2D eigenvalue weighted by Crippen LogP contribution is 2.30. The Bertz CT molecular complexity index is 612. The highest BCUT2D eigenvalue weighted by atomic mass is 19.4. The van der Waals surface area contributed by atoms with Crippen LogP contribution in [0.15, 0.2) is 24.3 Å². The van der Waals surface area contributed by atoms with Gasteiger partial charge in [-0.05, 0) is 19.1 Å². The topological polar surface area (TPSA) is 34.9 Å². The number of carbonyl (C=O) groups is 1. The maximum Gasteiger partial charge on any atom is 0.416 e. The fourth-order valence-electron chi connectivity index (χ4n) is 1.88. The number of rotatable bonds is 2. The minimum atomic E-state index is -4.36. The first-order valence-electron chi connectivity index (χ1n) is 5.50. The van der Waals surface area contributed by atoms with Crippen LogP contribution in [0.25, 0.3) is 11.4 Å². The van der Waals surface area contributed by atoms with E-state index in [0.29, 0.717) is 29.1 Å². The normalized spacial score (nSPS) is 11.6. The van der Waals surface area contributed by atoms with Gasteiger partial charge in [0.2, 0.25) is 0 Å². The molecule has 0 atom stereocenters. The zero-order valence-electron chi connectivity index (χ0n) is 10.3. The third kappa shape index (κ3) is 2.38. The molecule has 2 aromatic rings. The van der Waals surface area contributed by atoms with Gasteiger partial charge < -0.3 is 4.57 Å². The van der Waals surface area contributed by atoms with Crippen molar-refractivity contribution < 1.29 is 18.0 Å². The largest absolute Gasteiger partial charge is 0.416 e. The zero-order valence-corrected chi connectivity index (χ0v) is 10.3. The number of alkyl halides is 3. The molecule has 6 heteroatoms. The van der Waals surface area contributed by atoms with Gasteiger partial charge in [-0.25, -0.2) is 4.98 Å². The predicted octanol–water partition coefficient (Wildman–Crippen LogP) is 3.23. The van der Waals surface area contributed by atoms with Crippen molar-refractivity contribution in [3.8, 4) is 11.4 Å². The Balaban J connectivity index is 2.46. The van der Waals surface area contributed by atoms with E-state index < -0.39 is 11.7 Å². The van der Waals surface area contributed by atoms with Gasteiger partial charge in [0.25, 0.3) is 0 Å². The molecule has 0 aliphatic rings. The van der Waals surface area contributed by atoms with Crippen molar-refractivity contribution in [2.75, 3.05) is 0 Å². The molecule has 0 aliphatic carbocycles. The van der Waals surface area contributed by atoms with E-state index in [0.717, 1.165) is 12.1 Å². The molecule has 0 radical (unpaired) electrons. The van der Waals surface area contributed by atoms with Crippen LogP contribution in [-0.4, -0.2) is 15.8 Å². The van der Waals surface area contributed by atoms with Crippen molar-refractivity contribution in [3.05, 3.63) is 41.2 Å². The van der Waals surface area contributed by atoms with E-state index in [1.54, 1.807) is 18.5 Å². The Morgan fingerprint density at radius 3 is 2.21 bits per heavy atom. The van der Waals surface area contributed by atoms with Crippen molar-refractivity contribution in [2.45, 2.75) is 13.1 Å². The molecule has 0 amide bonds. The molecule has 1 aromatic carbocycles. The first-order chi connectivity index (χ1) is 8.84. The average Bonchev–Trinajstić information content (AvgIpc) is 2.63. The van der Waals surface area contributed by atoms with Crippen LogP contribution in [0.4, 0.5) is 13.2 Å². The molecule has 0 N–H and O–H groups in total. The van der Waals surface area contributed by atoms with Gasteiger partial charge in [-0.1, -0.05) is 12.1 Å². The molecule has 0 bridgehead atoms. The summed E-state index contributed by atoms with van der Waals surface area (Å²) in [5.74, 6) is 0.466. The van der Waals surface area contributed by atoms with Crippen LogP contribution in [-0.2, 0) is 13.2 Å². The van der Waals surface area contributed by atoms with E-state index in [1.807, 2.05) is 0 Å². The molecular formula is C13H11F3N2O. The molecule has 2 rings (SSSR count). The summed E-state index contributed by atoms with van der Waals surface area (Å²) in [5.41, 5.74) is 0.784. The summed E-state index contributed by atoms with van der Waals surface area (Å²) in [6.45, 7) is 1.68. The summed E-state index contributed by atoms with van der Waals surface area (Å²) in [6.07, 6.45) is -3.68. The molecule has 1 heterocycles. The fourth-order valence-corrected chi connectivity index (χ4v) is 1.88. The third-order valence-electron chi connectivity index (χ3n) is 2.91. The molecular weight excluding hydrogens is 257 g/mol. The predicted molar refractivity (Wildman–Crippen MR) is 63.8 cm³/mol. The van der Waals surface area contributed by atoms with Crippen molar-refractivity contribution in [1.82, 2.24) is 9.55 Å². The van der Waals surface area contributed by atoms with Gasteiger partial charge in [0, 0.05) is 12.6 Å². The first kappa shape index (κ1) is 13.3. The average molecular weight is 268 g/mol. The number of aryl methyl sites for hydroxylation is 1. The molecule has 0 spiro atoms. The third-order valence-corrected chi connectivity index (χ3v) is 2.91. The van der Waals surface area contributed by atoms with Crippen molar-refractivity contribution in [3.63, 3.8) is 0 Å². The summed E-state index contributed by atoms with van der Waals surface area (Å²) in [7, 11) is 1.65. The lowest BCUT2D eigenvalue weighted by Crippen LogP contribution is -2.04. The SMILES string of the molecule is Cc1nc(-c2ccc(C(F)(F)F)cc2)n(C)c1C=O. The van der Waals surface area contributed by atoms with Crippen molar-refractivity contribution in [2.24, 2.45) is 7.05 Å². The highest BCUT2D eigenvalue weighted by Gasteiger charge is 2.30. The molecule has 0 unspecified atom stereocenters. The standard InChI is InChI=1S/C13H11F3N2O/c1-8-11(7-19)18(2)12(17-8)9-3-5-10(6-4-9)13(14,15)16/h3-7H,1-2H3. The molecule has 0 fully saturated rings. The quantitative estimate of drug-likeness (QED) is 0.784. The van der Waals surface area contributed by atoms with Gasteiger partial charge >= 0.3 is 6.18 Å². The molecule has 0 saturated heterocycles. The number of aromatic nitrogens is 2. The Labute approximate surface area is 107 Å². The number of hydrogen-bond acceptors (Lipinski definition) is 2. The van der Waals surface area contributed by atoms with Crippen LogP contribution >= 0.6 is 0 Å². The number of carbonyl (C=O) groups excluding carboxylic acids is 1. The minimum absolute atomic E-state index is 0.412. The number of benzene rings is 1. The lowest BCUT2D eigenvalue weighted by molar-refractivity contribution is -0.137. The number of halogens is 3. The van der Waals surface area contributed by atoms with Crippen LogP contribution in [0.5, 0.6) is 0 Å². The van der Waals surface area contributed by atoms with Gasteiger partial charge in [0.05, 0.1) is 11.3 Å². The van der Waals surface area contributed by atoms with E-state index in [-0.39, 0.29) is 0 Å². The number of aldehydes is 1. The van der Waals surface area contributed by atoms with E-state index in [4.69, 9.17) is 0 Å². The lowest BCUT2D eigenvalue weighted by atomic mass is 10.1. The van der Waals surface area contributed by atoms with Gasteiger partial charge in [-0.3, -0.25) is 4.79 Å². The summed E-state index contributed by atoms with van der Waals surface area (Å²) in [6, 6.07) is 4.69. The number of nitrogens with zero attached hydrogens (tertiary/aromatic N) is 2. The summed E-state index contributed by atoms with van der Waals surface area (Å²) in [4.78, 5) is 15.1. The van der Waals surface area contributed by atoms with Gasteiger partial charge in [-0.15, -0.1) is 0 Å². The molecule has 0 saturated carbocycles. The van der Waals surface area contributed by atoms with Crippen LogP contribution in [0, 0.1) is 6.92 Å². The second-order valence-corrected chi connectivity index (χ2v) is 4.16. The molecule has 19 heavy (non-hydrogen) atoms. The highest BCUT2D eigenvalue weighted by molar-refractivity contribution is 5.76. The number of imidazole rings is 1. The zero-order chi connectivity index (χ0) is 14.2. The second kappa shape index (κ2) is 4.53. The Morgan fingerprint density at radius 1 is 1.21 bits per heavy atom. The molecule has 100 valence electrons. The molecule has 3 nitrogen and oxygen atoms in total. The summed E-state index contributed by atoms with van der Waals surface area (Å²) >= 11 is 0. The fraction of sp³-hybridized carbons (Fsp3) is 0.231. The monoisotopic (exact) mass is 268 g/mol. The molecule has 1 aromatic heterocycles. The maximum atomic E-state index is 12.5. The van der Waals surface area contributed by atoms with Crippen LogP contribution < -0.4 is 0 Å². The second-order valence-electron chi connectivity index (χ2n) is 4.16. The van der Waals surface area contributed by atoms with Crippen LogP contribution in [0.3, 0.4) is 0 Å². The van der Waals surface area contributed by atoms with Gasteiger partial charge in [0.1, 0.15) is 11.5 Å². The minimum Gasteiger partial charge on any atom is -0.325 e. The smallest absolute Gasteiger partial charge is 0.325 e. The summed E-state index contributed by atoms with van der Waals surface area (Å²) in [5, 5.41) is 0. The van der Waals surface area contributed by atoms with E-state index in [2.05, 4.69) is 4.98 Å². The van der Waals surface area contributed by atoms with Crippen molar-refractivity contribution in [1.29, 1.82) is 0 Å². The lowest BCUT2D eigenvalue weighted by Gasteiger charge is -2.07. The van der Waals surface area contributed by atoms with E-state index in [9.17, 15) is 18.0 Å². The Morgan fingerprint density at radius 2 is 1.79 bits per heavy atom. The Hall–Kier alpha value is -2.11. The van der Waals surface area contributed by atoms with E-state index >= 15 is 0 Å². The Kier molecular flexibility index (Phi) is 3.18. The van der Waals surface area contributed by atoms with Crippen LogP contribution in [0.2, 0.25) is 0 Å². The van der Waals surface area contributed by atoms with Gasteiger partial charge in [0.15, 0.2) is 6.29 Å². The van der Waals surface area contributed by atoms with Gasteiger partial charge in [-0.2, -0.15) is 13.2 Å². The first-order valence-corrected chi connectivity index (χ1v) is 5.50. The number of hydrogen-bond donors (Lipinski definition) is 0. The van der Waals surface area contributed by atoms with Crippen molar-refractivity contribution >= 4 is 6.29 Å². The molecule has 0 aliphatic heterocycles. The maximum absolute atomic E-state index is 12.5.